The lowest BCUT2D eigenvalue weighted by molar-refractivity contribution is -0.130. The van der Waals surface area contributed by atoms with Crippen LogP contribution in [0.5, 0.6) is 0 Å². The van der Waals surface area contributed by atoms with Gasteiger partial charge in [0.2, 0.25) is 11.8 Å². The van der Waals surface area contributed by atoms with Crippen LogP contribution in [0, 0.1) is 5.41 Å². The Bertz CT molecular complexity index is 979. The van der Waals surface area contributed by atoms with E-state index in [1.807, 2.05) is 17.0 Å². The van der Waals surface area contributed by atoms with E-state index in [9.17, 15) is 14.4 Å². The Morgan fingerprint density at radius 3 is 2.53 bits per heavy atom. The molecule has 2 fully saturated rings. The third-order valence-electron chi connectivity index (χ3n) is 7.15. The van der Waals surface area contributed by atoms with E-state index in [1.54, 1.807) is 24.1 Å². The summed E-state index contributed by atoms with van der Waals surface area (Å²) in [6, 6.07) is 9.87. The minimum Gasteiger partial charge on any atom is -0.369 e. The number of nitrogens with one attached hydrogen (secondary N) is 1. The summed E-state index contributed by atoms with van der Waals surface area (Å²) in [6.07, 6.45) is 5.17. The highest BCUT2D eigenvalue weighted by molar-refractivity contribution is 5.92. The molecule has 170 valence electrons. The van der Waals surface area contributed by atoms with Crippen LogP contribution in [0.25, 0.3) is 0 Å². The Morgan fingerprint density at radius 2 is 1.88 bits per heavy atom. The summed E-state index contributed by atoms with van der Waals surface area (Å²) in [7, 11) is 0. The maximum atomic E-state index is 12.7. The average Bonchev–Trinajstić information content (AvgIpc) is 3.34. The number of H-pyrrole nitrogens is 1. The first-order valence-electron chi connectivity index (χ1n) is 11.3. The molecule has 0 radical (unpaired) electrons. The summed E-state index contributed by atoms with van der Waals surface area (Å²) in [5.41, 5.74) is 8.04. The quantitative estimate of drug-likeness (QED) is 0.746. The van der Waals surface area contributed by atoms with Gasteiger partial charge < -0.3 is 15.5 Å². The van der Waals surface area contributed by atoms with Crippen molar-refractivity contribution in [2.75, 3.05) is 26.2 Å². The van der Waals surface area contributed by atoms with Crippen LogP contribution in [-0.2, 0) is 16.0 Å². The SMILES string of the molecule is CC(=O)N1CCCC(c2ccccc2CC2(C(N)=O)CCN(C(=O)c3ccn[nH]3)CC2)C1. The van der Waals surface area contributed by atoms with E-state index < -0.39 is 5.41 Å². The number of amides is 3. The third kappa shape index (κ3) is 4.40. The van der Waals surface area contributed by atoms with Crippen LogP contribution in [0.4, 0.5) is 0 Å². The van der Waals surface area contributed by atoms with Gasteiger partial charge in [0.1, 0.15) is 5.69 Å². The number of rotatable bonds is 5. The van der Waals surface area contributed by atoms with Gasteiger partial charge in [-0.25, -0.2) is 0 Å². The van der Waals surface area contributed by atoms with E-state index in [1.165, 1.54) is 5.56 Å². The number of nitrogens with two attached hydrogens (primary N) is 1. The van der Waals surface area contributed by atoms with Gasteiger partial charge in [0.25, 0.3) is 5.91 Å². The molecule has 0 spiro atoms. The van der Waals surface area contributed by atoms with Gasteiger partial charge in [0.05, 0.1) is 5.41 Å². The lowest BCUT2D eigenvalue weighted by Crippen LogP contribution is -2.50. The largest absolute Gasteiger partial charge is 0.369 e. The molecule has 8 heteroatoms. The van der Waals surface area contributed by atoms with Crippen molar-refractivity contribution in [3.05, 3.63) is 53.3 Å². The van der Waals surface area contributed by atoms with Gasteiger partial charge in [-0.05, 0) is 49.3 Å². The first kappa shape index (κ1) is 22.0. The summed E-state index contributed by atoms with van der Waals surface area (Å²) in [5.74, 6) is -0.0478. The van der Waals surface area contributed by atoms with Crippen LogP contribution < -0.4 is 5.73 Å². The van der Waals surface area contributed by atoms with E-state index in [-0.39, 0.29) is 23.6 Å². The van der Waals surface area contributed by atoms with E-state index in [0.717, 1.165) is 24.9 Å². The second kappa shape index (κ2) is 9.14. The molecule has 3 heterocycles. The van der Waals surface area contributed by atoms with Crippen LogP contribution in [-0.4, -0.2) is 63.9 Å². The Balaban J connectivity index is 1.52. The van der Waals surface area contributed by atoms with E-state index in [0.29, 0.717) is 44.6 Å². The third-order valence-corrected chi connectivity index (χ3v) is 7.15. The molecule has 4 rings (SSSR count). The maximum Gasteiger partial charge on any atom is 0.271 e. The number of aromatic amines is 1. The van der Waals surface area contributed by atoms with Gasteiger partial charge in [-0.15, -0.1) is 0 Å². The summed E-state index contributed by atoms with van der Waals surface area (Å²) >= 11 is 0. The van der Waals surface area contributed by atoms with Crippen molar-refractivity contribution in [2.45, 2.75) is 44.9 Å². The molecule has 3 amide bonds. The van der Waals surface area contributed by atoms with Crippen LogP contribution in [0.3, 0.4) is 0 Å². The number of primary amides is 1. The molecule has 32 heavy (non-hydrogen) atoms. The predicted octanol–water partition coefficient (Wildman–Crippen LogP) is 2.09. The second-order valence-corrected chi connectivity index (χ2v) is 9.09. The molecule has 0 bridgehead atoms. The second-order valence-electron chi connectivity index (χ2n) is 9.09. The molecule has 8 nitrogen and oxygen atoms in total. The first-order valence-corrected chi connectivity index (χ1v) is 11.3. The number of likely N-dealkylation sites (tertiary alicyclic amines) is 2. The zero-order valence-corrected chi connectivity index (χ0v) is 18.5. The number of hydrogen-bond donors (Lipinski definition) is 2. The highest BCUT2D eigenvalue weighted by Crippen LogP contribution is 2.38. The standard InChI is InChI=1S/C24H31N5O3/c1-17(30)29-12-4-6-19(16-29)20-7-3-2-5-18(20)15-24(23(25)32)9-13-28(14-10-24)22(31)21-8-11-26-27-21/h2-3,5,7-8,11,19H,4,6,9-10,12-16H2,1H3,(H2,25,32)(H,26,27). The number of carbonyl (C=O) groups excluding carboxylic acids is 3. The molecule has 1 aromatic heterocycles. The molecule has 2 aliphatic heterocycles. The highest BCUT2D eigenvalue weighted by Gasteiger charge is 2.42. The first-order chi connectivity index (χ1) is 15.4. The Hall–Kier alpha value is -3.16. The Morgan fingerprint density at radius 1 is 1.12 bits per heavy atom. The zero-order valence-electron chi connectivity index (χ0n) is 18.5. The number of hydrogen-bond acceptors (Lipinski definition) is 4. The van der Waals surface area contributed by atoms with Crippen LogP contribution in [0.1, 0.15) is 60.1 Å². The fourth-order valence-corrected chi connectivity index (χ4v) is 5.17. The normalized spacial score (nSPS) is 20.7. The molecule has 2 aliphatic rings. The lowest BCUT2D eigenvalue weighted by atomic mass is 9.71. The van der Waals surface area contributed by atoms with Crippen molar-refractivity contribution < 1.29 is 14.4 Å². The Labute approximate surface area is 188 Å². The van der Waals surface area contributed by atoms with Crippen molar-refractivity contribution in [2.24, 2.45) is 11.1 Å². The molecule has 1 atom stereocenters. The molecule has 0 saturated carbocycles. The molecular formula is C24H31N5O3. The molecule has 3 N–H and O–H groups in total. The van der Waals surface area contributed by atoms with E-state index in [2.05, 4.69) is 22.3 Å². The summed E-state index contributed by atoms with van der Waals surface area (Å²) in [4.78, 5) is 40.9. The van der Waals surface area contributed by atoms with Gasteiger partial charge in [0.15, 0.2) is 0 Å². The highest BCUT2D eigenvalue weighted by atomic mass is 16.2. The minimum atomic E-state index is -0.685. The van der Waals surface area contributed by atoms with Crippen molar-refractivity contribution >= 4 is 17.7 Å². The summed E-state index contributed by atoms with van der Waals surface area (Å²) < 4.78 is 0. The molecule has 1 unspecified atom stereocenters. The van der Waals surface area contributed by atoms with Crippen molar-refractivity contribution in [3.63, 3.8) is 0 Å². The topological polar surface area (TPSA) is 112 Å². The molecule has 2 saturated heterocycles. The predicted molar refractivity (Wildman–Crippen MR) is 120 cm³/mol. The number of aromatic nitrogens is 2. The number of benzene rings is 1. The van der Waals surface area contributed by atoms with Gasteiger partial charge in [-0.3, -0.25) is 19.5 Å². The van der Waals surface area contributed by atoms with Crippen molar-refractivity contribution in [1.82, 2.24) is 20.0 Å². The van der Waals surface area contributed by atoms with Crippen LogP contribution in [0.2, 0.25) is 0 Å². The monoisotopic (exact) mass is 437 g/mol. The van der Waals surface area contributed by atoms with Crippen LogP contribution >= 0.6 is 0 Å². The fourth-order valence-electron chi connectivity index (χ4n) is 5.17. The maximum absolute atomic E-state index is 12.7. The molecule has 0 aliphatic carbocycles. The van der Waals surface area contributed by atoms with Gasteiger partial charge in [-0.1, -0.05) is 24.3 Å². The van der Waals surface area contributed by atoms with Gasteiger partial charge in [-0.2, -0.15) is 5.10 Å². The minimum absolute atomic E-state index is 0.104. The van der Waals surface area contributed by atoms with Crippen molar-refractivity contribution in [3.8, 4) is 0 Å². The number of carbonyl (C=O) groups is 3. The average molecular weight is 438 g/mol. The zero-order chi connectivity index (χ0) is 22.7. The lowest BCUT2D eigenvalue weighted by Gasteiger charge is -2.40. The number of piperidine rings is 2. The van der Waals surface area contributed by atoms with Gasteiger partial charge >= 0.3 is 0 Å². The Kier molecular flexibility index (Phi) is 6.30. The summed E-state index contributed by atoms with van der Waals surface area (Å²) in [6.45, 7) is 4.09. The van der Waals surface area contributed by atoms with E-state index >= 15 is 0 Å². The smallest absolute Gasteiger partial charge is 0.271 e. The molecule has 1 aromatic carbocycles. The van der Waals surface area contributed by atoms with Crippen LogP contribution in [0.15, 0.2) is 36.5 Å². The number of nitrogens with zero attached hydrogens (tertiary/aromatic N) is 3. The van der Waals surface area contributed by atoms with E-state index in [4.69, 9.17) is 5.73 Å². The van der Waals surface area contributed by atoms with Gasteiger partial charge in [0, 0.05) is 45.2 Å². The summed E-state index contributed by atoms with van der Waals surface area (Å²) in [5, 5.41) is 6.56. The fraction of sp³-hybridized carbons (Fsp3) is 0.500. The molecule has 2 aromatic rings. The van der Waals surface area contributed by atoms with Crippen molar-refractivity contribution in [1.29, 1.82) is 0 Å². The molecular weight excluding hydrogens is 406 g/mol.